The summed E-state index contributed by atoms with van der Waals surface area (Å²) in [7, 11) is 0. The zero-order valence-corrected chi connectivity index (χ0v) is 8.31. The lowest BCUT2D eigenvalue weighted by molar-refractivity contribution is 1.30. The molecule has 0 heteroatoms. The van der Waals surface area contributed by atoms with E-state index in [0.717, 1.165) is 0 Å². The second-order valence-corrected chi connectivity index (χ2v) is 3.14. The van der Waals surface area contributed by atoms with Gasteiger partial charge in [-0.2, -0.15) is 0 Å². The van der Waals surface area contributed by atoms with Gasteiger partial charge in [-0.05, 0) is 49.3 Å². The topological polar surface area (TPSA) is 0 Å². The van der Waals surface area contributed by atoms with E-state index in [9.17, 15) is 0 Å². The normalized spacial score (nSPS) is 14.0. The summed E-state index contributed by atoms with van der Waals surface area (Å²) >= 11 is 0. The van der Waals surface area contributed by atoms with Gasteiger partial charge in [-0.25, -0.2) is 0 Å². The molecule has 0 aromatic heterocycles. The standard InChI is InChI=1S/C12H16/c1-5-11-7-10(4)12(6-2)8-9(11)3/h5-8H,1-4H3/b11-5-,12-6-. The molecule has 1 aromatic rings. The van der Waals surface area contributed by atoms with E-state index in [1.807, 2.05) is 0 Å². The van der Waals surface area contributed by atoms with Crippen LogP contribution in [0.2, 0.25) is 0 Å². The molecule has 12 heavy (non-hydrogen) atoms. The molecule has 0 N–H and O–H groups in total. The van der Waals surface area contributed by atoms with Crippen LogP contribution in [0.5, 0.6) is 0 Å². The van der Waals surface area contributed by atoms with Gasteiger partial charge in [-0.15, -0.1) is 0 Å². The van der Waals surface area contributed by atoms with Crippen molar-refractivity contribution in [1.29, 1.82) is 0 Å². The van der Waals surface area contributed by atoms with Crippen LogP contribution in [-0.4, -0.2) is 0 Å². The second kappa shape index (κ2) is 3.57. The predicted octanol–water partition coefficient (Wildman–Crippen LogP) is 1.90. The van der Waals surface area contributed by atoms with Crippen molar-refractivity contribution in [2.24, 2.45) is 0 Å². The van der Waals surface area contributed by atoms with Crippen molar-refractivity contribution in [3.05, 3.63) is 33.7 Å². The van der Waals surface area contributed by atoms with Gasteiger partial charge in [-0.3, -0.25) is 0 Å². The van der Waals surface area contributed by atoms with Gasteiger partial charge in [0.2, 0.25) is 0 Å². The van der Waals surface area contributed by atoms with E-state index in [-0.39, 0.29) is 0 Å². The highest BCUT2D eigenvalue weighted by atomic mass is 14.0. The highest BCUT2D eigenvalue weighted by Gasteiger charge is 1.90. The van der Waals surface area contributed by atoms with Crippen molar-refractivity contribution in [2.45, 2.75) is 27.7 Å². The fourth-order valence-electron chi connectivity index (χ4n) is 1.48. The molecule has 0 aliphatic carbocycles. The maximum atomic E-state index is 2.24. The van der Waals surface area contributed by atoms with Gasteiger partial charge in [0.1, 0.15) is 0 Å². The zero-order valence-electron chi connectivity index (χ0n) is 8.31. The molecule has 0 unspecified atom stereocenters. The molecule has 0 nitrogen and oxygen atoms in total. The van der Waals surface area contributed by atoms with Crippen LogP contribution in [0.4, 0.5) is 0 Å². The third-order valence-corrected chi connectivity index (χ3v) is 2.28. The summed E-state index contributed by atoms with van der Waals surface area (Å²) in [6.07, 6.45) is 4.31. The summed E-state index contributed by atoms with van der Waals surface area (Å²) in [5, 5.41) is 2.69. The van der Waals surface area contributed by atoms with Crippen molar-refractivity contribution in [2.75, 3.05) is 0 Å². The maximum absolute atomic E-state index is 2.24. The average Bonchev–Trinajstić information content (AvgIpc) is 2.08. The molecule has 1 rings (SSSR count). The first-order chi connectivity index (χ1) is 5.69. The number of benzene rings is 1. The first kappa shape index (κ1) is 9.05. The van der Waals surface area contributed by atoms with E-state index >= 15 is 0 Å². The summed E-state index contributed by atoms with van der Waals surface area (Å²) in [4.78, 5) is 0. The van der Waals surface area contributed by atoms with Gasteiger partial charge in [-0.1, -0.05) is 24.3 Å². The molecular weight excluding hydrogens is 144 g/mol. The Morgan fingerprint density at radius 3 is 1.42 bits per heavy atom. The summed E-state index contributed by atoms with van der Waals surface area (Å²) in [5.41, 5.74) is 2.72. The Morgan fingerprint density at radius 2 is 1.17 bits per heavy atom. The van der Waals surface area contributed by atoms with Crippen LogP contribution in [0.15, 0.2) is 12.1 Å². The number of hydrogen-bond acceptors (Lipinski definition) is 0. The third-order valence-electron chi connectivity index (χ3n) is 2.28. The van der Waals surface area contributed by atoms with Crippen molar-refractivity contribution >= 4 is 12.2 Å². The molecule has 0 bridgehead atoms. The molecule has 0 spiro atoms. The van der Waals surface area contributed by atoms with Gasteiger partial charge in [0, 0.05) is 0 Å². The molecule has 0 amide bonds. The molecule has 0 heterocycles. The minimum Gasteiger partial charge on any atom is -0.0801 e. The predicted molar refractivity (Wildman–Crippen MR) is 55.4 cm³/mol. The number of hydrogen-bond donors (Lipinski definition) is 0. The van der Waals surface area contributed by atoms with E-state index in [4.69, 9.17) is 0 Å². The van der Waals surface area contributed by atoms with Gasteiger partial charge in [0.25, 0.3) is 0 Å². The Hall–Kier alpha value is -1.04. The van der Waals surface area contributed by atoms with Crippen molar-refractivity contribution in [3.63, 3.8) is 0 Å². The molecule has 0 radical (unpaired) electrons. The lowest BCUT2D eigenvalue weighted by Gasteiger charge is -1.98. The van der Waals surface area contributed by atoms with Crippen molar-refractivity contribution < 1.29 is 0 Å². The Kier molecular flexibility index (Phi) is 2.69. The lowest BCUT2D eigenvalue weighted by atomic mass is 10.1. The number of rotatable bonds is 0. The van der Waals surface area contributed by atoms with Crippen LogP contribution < -0.4 is 10.4 Å². The molecule has 0 saturated heterocycles. The molecule has 1 aromatic carbocycles. The van der Waals surface area contributed by atoms with Crippen molar-refractivity contribution in [1.82, 2.24) is 0 Å². The highest BCUT2D eigenvalue weighted by molar-refractivity contribution is 5.35. The van der Waals surface area contributed by atoms with Crippen LogP contribution in [0.25, 0.3) is 12.2 Å². The van der Waals surface area contributed by atoms with Crippen LogP contribution >= 0.6 is 0 Å². The van der Waals surface area contributed by atoms with E-state index in [1.54, 1.807) is 0 Å². The zero-order chi connectivity index (χ0) is 9.14. The summed E-state index contributed by atoms with van der Waals surface area (Å²) < 4.78 is 0. The Labute approximate surface area is 74.2 Å². The van der Waals surface area contributed by atoms with Crippen molar-refractivity contribution in [3.8, 4) is 0 Å². The Bertz CT molecular complexity index is 343. The fraction of sp³-hybridized carbons (Fsp3) is 0.333. The number of aryl methyl sites for hydroxylation is 2. The molecule has 0 aliphatic rings. The van der Waals surface area contributed by atoms with Gasteiger partial charge in [0.05, 0.1) is 0 Å². The molecule has 0 atom stereocenters. The molecule has 0 fully saturated rings. The van der Waals surface area contributed by atoms with Crippen LogP contribution in [0.1, 0.15) is 25.0 Å². The lowest BCUT2D eigenvalue weighted by Crippen LogP contribution is -2.15. The van der Waals surface area contributed by atoms with Gasteiger partial charge >= 0.3 is 0 Å². The summed E-state index contributed by atoms with van der Waals surface area (Å²) in [5.74, 6) is 0. The minimum atomic E-state index is 1.35. The quantitative estimate of drug-likeness (QED) is 0.544. The minimum absolute atomic E-state index is 1.35. The van der Waals surface area contributed by atoms with Gasteiger partial charge < -0.3 is 0 Å². The Morgan fingerprint density at radius 1 is 0.833 bits per heavy atom. The summed E-state index contributed by atoms with van der Waals surface area (Å²) in [6.45, 7) is 8.47. The largest absolute Gasteiger partial charge is 0.0801 e. The van der Waals surface area contributed by atoms with Crippen LogP contribution in [0, 0.1) is 13.8 Å². The van der Waals surface area contributed by atoms with Crippen LogP contribution in [0.3, 0.4) is 0 Å². The van der Waals surface area contributed by atoms with E-state index < -0.39 is 0 Å². The van der Waals surface area contributed by atoms with E-state index in [0.29, 0.717) is 0 Å². The monoisotopic (exact) mass is 160 g/mol. The highest BCUT2D eigenvalue weighted by Crippen LogP contribution is 1.88. The maximum Gasteiger partial charge on any atom is -0.0267 e. The molecule has 0 saturated carbocycles. The molecule has 64 valence electrons. The average molecular weight is 160 g/mol. The molecular formula is C12H16. The van der Waals surface area contributed by atoms with Gasteiger partial charge in [0.15, 0.2) is 0 Å². The third kappa shape index (κ3) is 1.58. The first-order valence-electron chi connectivity index (χ1n) is 4.39. The summed E-state index contributed by atoms with van der Waals surface area (Å²) in [6, 6.07) is 4.48. The second-order valence-electron chi connectivity index (χ2n) is 3.14. The van der Waals surface area contributed by atoms with Crippen LogP contribution in [-0.2, 0) is 0 Å². The van der Waals surface area contributed by atoms with E-state index in [2.05, 4.69) is 52.0 Å². The fourth-order valence-corrected chi connectivity index (χ4v) is 1.48. The first-order valence-corrected chi connectivity index (χ1v) is 4.39. The SMILES string of the molecule is C/C=c1/cc(C)/c(=C\C)cc1C. The Balaban J connectivity index is 3.59. The van der Waals surface area contributed by atoms with E-state index in [1.165, 1.54) is 21.6 Å². The smallest absolute Gasteiger partial charge is 0.0267 e. The molecule has 0 aliphatic heterocycles.